The average molecular weight is 433 g/mol. The van der Waals surface area contributed by atoms with E-state index < -0.39 is 0 Å². The van der Waals surface area contributed by atoms with Crippen molar-refractivity contribution in [1.29, 1.82) is 0 Å². The Morgan fingerprint density at radius 2 is 1.60 bits per heavy atom. The fraction of sp³-hybridized carbons (Fsp3) is 0.364. The zero-order valence-corrected chi connectivity index (χ0v) is 18.0. The summed E-state index contributed by atoms with van der Waals surface area (Å²) in [6.07, 6.45) is 1.34. The predicted octanol–water partition coefficient (Wildman–Crippen LogP) is 3.40. The number of hydrogen-bond acceptors (Lipinski definition) is 5. The molecule has 1 aliphatic rings. The van der Waals surface area contributed by atoms with Gasteiger partial charge in [0.15, 0.2) is 11.5 Å². The first-order valence-electron chi connectivity index (χ1n) is 9.62. The van der Waals surface area contributed by atoms with Gasteiger partial charge in [0, 0.05) is 35.3 Å². The molecule has 2 aromatic carbocycles. The van der Waals surface area contributed by atoms with E-state index in [2.05, 4.69) is 5.32 Å². The summed E-state index contributed by atoms with van der Waals surface area (Å²) >= 11 is 5.96. The van der Waals surface area contributed by atoms with E-state index in [-0.39, 0.29) is 17.9 Å². The van der Waals surface area contributed by atoms with E-state index in [1.807, 2.05) is 0 Å². The maximum atomic E-state index is 13.0. The van der Waals surface area contributed by atoms with Crippen LogP contribution in [0.25, 0.3) is 0 Å². The molecule has 160 valence electrons. The molecule has 2 aromatic rings. The topological polar surface area (TPSA) is 77.1 Å². The molecule has 0 aromatic heterocycles. The van der Waals surface area contributed by atoms with Crippen molar-refractivity contribution < 1.29 is 23.8 Å². The second-order valence-electron chi connectivity index (χ2n) is 6.96. The molecule has 1 saturated heterocycles. The molecule has 1 fully saturated rings. The summed E-state index contributed by atoms with van der Waals surface area (Å²) in [6.45, 7) is 1.08. The first kappa shape index (κ1) is 21.8. The first-order valence-corrected chi connectivity index (χ1v) is 10.00. The molecule has 0 aliphatic carbocycles. The van der Waals surface area contributed by atoms with Gasteiger partial charge in [0.25, 0.3) is 11.8 Å². The van der Waals surface area contributed by atoms with Crippen LogP contribution in [0.5, 0.6) is 17.2 Å². The van der Waals surface area contributed by atoms with Crippen molar-refractivity contribution in [3.05, 3.63) is 52.5 Å². The Bertz CT molecular complexity index is 900. The summed E-state index contributed by atoms with van der Waals surface area (Å²) in [5, 5.41) is 3.54. The third-order valence-electron chi connectivity index (χ3n) is 5.12. The number of piperidine rings is 1. The predicted molar refractivity (Wildman–Crippen MR) is 114 cm³/mol. The molecule has 30 heavy (non-hydrogen) atoms. The van der Waals surface area contributed by atoms with E-state index in [0.29, 0.717) is 59.3 Å². The number of carbonyl (C=O) groups excluding carboxylic acids is 2. The van der Waals surface area contributed by atoms with Crippen LogP contribution in [0.3, 0.4) is 0 Å². The van der Waals surface area contributed by atoms with E-state index in [4.69, 9.17) is 25.8 Å². The molecule has 1 N–H and O–H groups in total. The molecule has 8 heteroatoms. The molecule has 0 atom stereocenters. The lowest BCUT2D eigenvalue weighted by Crippen LogP contribution is -2.46. The number of nitrogens with zero attached hydrogens (tertiary/aromatic N) is 1. The summed E-state index contributed by atoms with van der Waals surface area (Å²) in [5.41, 5.74) is 0.990. The van der Waals surface area contributed by atoms with Gasteiger partial charge in [-0.2, -0.15) is 0 Å². The highest BCUT2D eigenvalue weighted by molar-refractivity contribution is 6.30. The van der Waals surface area contributed by atoms with Crippen molar-refractivity contribution >= 4 is 23.4 Å². The lowest BCUT2D eigenvalue weighted by Gasteiger charge is -2.32. The van der Waals surface area contributed by atoms with Crippen LogP contribution in [0.15, 0.2) is 36.4 Å². The maximum Gasteiger partial charge on any atom is 0.254 e. The SMILES string of the molecule is COc1cc(C(=O)N2CCC(NC(=O)c3cccc(Cl)c3)CC2)cc(OC)c1OC. The molecule has 2 amide bonds. The number of hydrogen-bond donors (Lipinski definition) is 1. The molecule has 0 unspecified atom stereocenters. The minimum absolute atomic E-state index is 0.000436. The number of amides is 2. The Morgan fingerprint density at radius 1 is 0.967 bits per heavy atom. The Kier molecular flexibility index (Phi) is 7.05. The van der Waals surface area contributed by atoms with Gasteiger partial charge >= 0.3 is 0 Å². The summed E-state index contributed by atoms with van der Waals surface area (Å²) in [5.74, 6) is 1.03. The molecule has 0 radical (unpaired) electrons. The zero-order valence-electron chi connectivity index (χ0n) is 17.2. The Morgan fingerprint density at radius 3 is 2.13 bits per heavy atom. The Balaban J connectivity index is 1.63. The van der Waals surface area contributed by atoms with Crippen molar-refractivity contribution in [3.8, 4) is 17.2 Å². The van der Waals surface area contributed by atoms with Crippen LogP contribution >= 0.6 is 11.6 Å². The van der Waals surface area contributed by atoms with Gasteiger partial charge in [0.05, 0.1) is 21.3 Å². The highest BCUT2D eigenvalue weighted by Gasteiger charge is 2.26. The van der Waals surface area contributed by atoms with E-state index in [1.165, 1.54) is 21.3 Å². The van der Waals surface area contributed by atoms with Crippen LogP contribution in [0, 0.1) is 0 Å². The van der Waals surface area contributed by atoms with Crippen LogP contribution in [0.4, 0.5) is 0 Å². The number of benzene rings is 2. The fourth-order valence-electron chi connectivity index (χ4n) is 3.51. The van der Waals surface area contributed by atoms with Gasteiger partial charge in [0.1, 0.15) is 0 Å². The second kappa shape index (κ2) is 9.71. The second-order valence-corrected chi connectivity index (χ2v) is 7.40. The molecule has 0 spiro atoms. The van der Waals surface area contributed by atoms with Crippen molar-refractivity contribution in [2.45, 2.75) is 18.9 Å². The van der Waals surface area contributed by atoms with Crippen LogP contribution in [0.1, 0.15) is 33.6 Å². The Hall–Kier alpha value is -2.93. The fourth-order valence-corrected chi connectivity index (χ4v) is 3.70. The first-order chi connectivity index (χ1) is 14.5. The molecular formula is C22H25ClN2O5. The van der Waals surface area contributed by atoms with E-state index >= 15 is 0 Å². The van der Waals surface area contributed by atoms with E-state index in [0.717, 1.165) is 0 Å². The summed E-state index contributed by atoms with van der Waals surface area (Å²) in [4.78, 5) is 27.2. The number of likely N-dealkylation sites (tertiary alicyclic amines) is 1. The van der Waals surface area contributed by atoms with Gasteiger partial charge in [-0.1, -0.05) is 17.7 Å². The van der Waals surface area contributed by atoms with Gasteiger partial charge in [-0.25, -0.2) is 0 Å². The number of nitrogens with one attached hydrogen (secondary N) is 1. The van der Waals surface area contributed by atoms with Crippen LogP contribution in [0.2, 0.25) is 5.02 Å². The third kappa shape index (κ3) is 4.79. The van der Waals surface area contributed by atoms with E-state index in [1.54, 1.807) is 41.3 Å². The Labute approximate surface area is 180 Å². The average Bonchev–Trinajstić information content (AvgIpc) is 2.78. The smallest absolute Gasteiger partial charge is 0.254 e. The number of methoxy groups -OCH3 is 3. The number of ether oxygens (including phenoxy) is 3. The van der Waals surface area contributed by atoms with Gasteiger partial charge < -0.3 is 24.4 Å². The normalized spacial score (nSPS) is 14.2. The molecule has 1 aliphatic heterocycles. The third-order valence-corrected chi connectivity index (χ3v) is 5.35. The quantitative estimate of drug-likeness (QED) is 0.757. The molecule has 7 nitrogen and oxygen atoms in total. The summed E-state index contributed by atoms with van der Waals surface area (Å²) < 4.78 is 16.0. The summed E-state index contributed by atoms with van der Waals surface area (Å²) in [7, 11) is 4.55. The zero-order chi connectivity index (χ0) is 21.7. The van der Waals surface area contributed by atoms with Crippen molar-refractivity contribution in [1.82, 2.24) is 10.2 Å². The largest absolute Gasteiger partial charge is 0.493 e. The molecule has 0 saturated carbocycles. The lowest BCUT2D eigenvalue weighted by atomic mass is 10.0. The minimum atomic E-state index is -0.160. The van der Waals surface area contributed by atoms with Crippen molar-refractivity contribution in [2.24, 2.45) is 0 Å². The highest BCUT2D eigenvalue weighted by Crippen LogP contribution is 2.38. The molecular weight excluding hydrogens is 408 g/mol. The van der Waals surface area contributed by atoms with Gasteiger partial charge in [-0.05, 0) is 43.2 Å². The number of carbonyl (C=O) groups is 2. The van der Waals surface area contributed by atoms with Crippen LogP contribution in [-0.4, -0.2) is 57.2 Å². The lowest BCUT2D eigenvalue weighted by molar-refractivity contribution is 0.0697. The van der Waals surface area contributed by atoms with Gasteiger partial charge in [-0.3, -0.25) is 9.59 Å². The molecule has 0 bridgehead atoms. The summed E-state index contributed by atoms with van der Waals surface area (Å²) in [6, 6.07) is 10.1. The number of rotatable bonds is 6. The minimum Gasteiger partial charge on any atom is -0.493 e. The van der Waals surface area contributed by atoms with Crippen LogP contribution in [-0.2, 0) is 0 Å². The number of halogens is 1. The van der Waals surface area contributed by atoms with Gasteiger partial charge in [0.2, 0.25) is 5.75 Å². The van der Waals surface area contributed by atoms with Crippen LogP contribution < -0.4 is 19.5 Å². The monoisotopic (exact) mass is 432 g/mol. The van der Waals surface area contributed by atoms with Crippen molar-refractivity contribution in [2.75, 3.05) is 34.4 Å². The van der Waals surface area contributed by atoms with Crippen molar-refractivity contribution in [3.63, 3.8) is 0 Å². The maximum absolute atomic E-state index is 13.0. The molecule has 3 rings (SSSR count). The van der Waals surface area contributed by atoms with Gasteiger partial charge in [-0.15, -0.1) is 0 Å². The standard InChI is InChI=1S/C22H25ClN2O5/c1-28-18-12-15(13-19(29-2)20(18)30-3)22(27)25-9-7-17(8-10-25)24-21(26)14-5-4-6-16(23)11-14/h4-6,11-13,17H,7-10H2,1-3H3,(H,24,26). The molecule has 1 heterocycles. The van der Waals surface area contributed by atoms with E-state index in [9.17, 15) is 9.59 Å². The highest BCUT2D eigenvalue weighted by atomic mass is 35.5.